The van der Waals surface area contributed by atoms with Gasteiger partial charge >= 0.3 is 0 Å². The zero-order chi connectivity index (χ0) is 22.3. The average molecular weight is 517 g/mol. The van der Waals surface area contributed by atoms with Crippen LogP contribution in [0.5, 0.6) is 0 Å². The first-order valence-corrected chi connectivity index (χ1v) is 11.8. The molecular weight excluding hydrogens is 498 g/mol. The van der Waals surface area contributed by atoms with Gasteiger partial charge in [0.2, 0.25) is 0 Å². The Kier molecular flexibility index (Phi) is 4.50. The van der Waals surface area contributed by atoms with Crippen molar-refractivity contribution in [2.75, 3.05) is 4.90 Å². The lowest BCUT2D eigenvalue weighted by Gasteiger charge is -2.49. The lowest BCUT2D eigenvalue weighted by Crippen LogP contribution is -2.54. The SMILES string of the molecule is CC1(c2ccc(Cl)cc2)CC(C)(C)N2C(=O)/C(=C3\SC(=N)NC3=O)c3cc(Br)cc1c32. The number of nitrogens with one attached hydrogen (secondary N) is 2. The summed E-state index contributed by atoms with van der Waals surface area (Å²) in [5, 5.41) is 11.0. The molecule has 1 saturated heterocycles. The molecule has 1 atom stereocenters. The molecule has 3 aliphatic heterocycles. The van der Waals surface area contributed by atoms with E-state index in [-0.39, 0.29) is 21.4 Å². The van der Waals surface area contributed by atoms with Crippen molar-refractivity contribution in [3.8, 4) is 0 Å². The van der Waals surface area contributed by atoms with Gasteiger partial charge in [0.25, 0.3) is 11.8 Å². The molecule has 2 amide bonds. The van der Waals surface area contributed by atoms with Gasteiger partial charge in [-0.25, -0.2) is 0 Å². The predicted molar refractivity (Wildman–Crippen MR) is 129 cm³/mol. The summed E-state index contributed by atoms with van der Waals surface area (Å²) < 4.78 is 0.840. The minimum Gasteiger partial charge on any atom is -0.302 e. The number of nitrogens with zero attached hydrogens (tertiary/aromatic N) is 1. The van der Waals surface area contributed by atoms with E-state index in [9.17, 15) is 9.59 Å². The third-order valence-corrected chi connectivity index (χ3v) is 7.93. The number of hydrogen-bond donors (Lipinski definition) is 2. The van der Waals surface area contributed by atoms with E-state index in [2.05, 4.69) is 48.1 Å². The summed E-state index contributed by atoms with van der Waals surface area (Å²) in [5.41, 5.74) is 3.24. The zero-order valence-corrected chi connectivity index (χ0v) is 20.3. The van der Waals surface area contributed by atoms with E-state index in [0.29, 0.717) is 17.0 Å². The van der Waals surface area contributed by atoms with Crippen LogP contribution >= 0.6 is 39.3 Å². The average Bonchev–Trinajstić information content (AvgIpc) is 3.15. The van der Waals surface area contributed by atoms with E-state index in [1.54, 1.807) is 0 Å². The van der Waals surface area contributed by atoms with E-state index < -0.39 is 11.4 Å². The Morgan fingerprint density at radius 2 is 1.84 bits per heavy atom. The number of thioether (sulfide) groups is 1. The number of amidine groups is 1. The molecule has 0 spiro atoms. The van der Waals surface area contributed by atoms with Crippen molar-refractivity contribution in [2.45, 2.75) is 38.1 Å². The van der Waals surface area contributed by atoms with Crippen LogP contribution in [0.4, 0.5) is 5.69 Å². The van der Waals surface area contributed by atoms with Crippen LogP contribution in [-0.4, -0.2) is 22.5 Å². The molecule has 1 fully saturated rings. The monoisotopic (exact) mass is 515 g/mol. The first-order valence-electron chi connectivity index (χ1n) is 9.80. The van der Waals surface area contributed by atoms with Crippen LogP contribution in [-0.2, 0) is 15.0 Å². The van der Waals surface area contributed by atoms with Gasteiger partial charge in [-0.05, 0) is 67.4 Å². The molecule has 2 aromatic carbocycles. The van der Waals surface area contributed by atoms with Crippen LogP contribution in [0.2, 0.25) is 5.02 Å². The van der Waals surface area contributed by atoms with Gasteiger partial charge in [-0.15, -0.1) is 0 Å². The number of carbonyl (C=O) groups is 2. The van der Waals surface area contributed by atoms with Crippen molar-refractivity contribution >= 4 is 67.5 Å². The van der Waals surface area contributed by atoms with Gasteiger partial charge in [-0.2, -0.15) is 0 Å². The molecule has 158 valence electrons. The van der Waals surface area contributed by atoms with Gasteiger partial charge in [-0.1, -0.05) is 46.6 Å². The van der Waals surface area contributed by atoms with E-state index in [0.717, 1.165) is 38.6 Å². The van der Waals surface area contributed by atoms with Crippen molar-refractivity contribution in [3.05, 3.63) is 67.5 Å². The number of hydrogen-bond acceptors (Lipinski definition) is 4. The number of amides is 2. The van der Waals surface area contributed by atoms with Gasteiger partial charge in [0.05, 0.1) is 16.2 Å². The lowest BCUT2D eigenvalue weighted by atomic mass is 9.65. The molecule has 3 aliphatic rings. The van der Waals surface area contributed by atoms with Crippen LogP contribution in [0.1, 0.15) is 43.9 Å². The van der Waals surface area contributed by atoms with Crippen molar-refractivity contribution < 1.29 is 9.59 Å². The highest BCUT2D eigenvalue weighted by molar-refractivity contribution is 9.10. The molecule has 8 heteroatoms. The summed E-state index contributed by atoms with van der Waals surface area (Å²) in [5.74, 6) is -0.588. The second-order valence-electron chi connectivity index (χ2n) is 8.91. The number of benzene rings is 2. The second-order valence-corrected chi connectivity index (χ2v) is 11.3. The van der Waals surface area contributed by atoms with Gasteiger partial charge in [0.1, 0.15) is 0 Å². The fourth-order valence-electron chi connectivity index (χ4n) is 5.19. The zero-order valence-electron chi connectivity index (χ0n) is 17.1. The molecular formula is C23H19BrClN3O2S. The number of halogens is 2. The topological polar surface area (TPSA) is 73.3 Å². The summed E-state index contributed by atoms with van der Waals surface area (Å²) in [6, 6.07) is 11.8. The first-order chi connectivity index (χ1) is 14.5. The Morgan fingerprint density at radius 3 is 2.45 bits per heavy atom. The number of carbonyl (C=O) groups excluding carboxylic acids is 2. The molecule has 5 rings (SSSR count). The Morgan fingerprint density at radius 1 is 1.16 bits per heavy atom. The maximum absolute atomic E-state index is 13.7. The minimum absolute atomic E-state index is 0.0376. The maximum atomic E-state index is 13.7. The standard InChI is InChI=1S/C23H19BrClN3O2S/c1-22(2)10-23(3,11-4-6-13(25)7-5-11)15-9-12(24)8-14-16(20(30)28(22)17(14)15)18-19(29)27-21(26)31-18/h4-9H,10H2,1-3H3,(H2,26,27,29)/b18-16-. The summed E-state index contributed by atoms with van der Waals surface area (Å²) in [7, 11) is 0. The van der Waals surface area contributed by atoms with Crippen LogP contribution in [0.3, 0.4) is 0 Å². The van der Waals surface area contributed by atoms with E-state index in [1.807, 2.05) is 35.2 Å². The molecule has 0 radical (unpaired) electrons. The number of anilines is 1. The predicted octanol–water partition coefficient (Wildman–Crippen LogP) is 5.45. The van der Waals surface area contributed by atoms with Crippen molar-refractivity contribution in [3.63, 3.8) is 0 Å². The van der Waals surface area contributed by atoms with Crippen LogP contribution in [0, 0.1) is 5.41 Å². The van der Waals surface area contributed by atoms with E-state index in [1.165, 1.54) is 0 Å². The van der Waals surface area contributed by atoms with Gasteiger partial charge in [0, 0.05) is 26.0 Å². The second kappa shape index (κ2) is 6.70. The molecule has 0 aromatic heterocycles. The number of rotatable bonds is 1. The Hall–Kier alpha value is -2.09. The van der Waals surface area contributed by atoms with Gasteiger partial charge in [0.15, 0.2) is 5.17 Å². The molecule has 0 bridgehead atoms. The third kappa shape index (κ3) is 2.93. The Labute approximate surface area is 197 Å². The minimum atomic E-state index is -0.489. The summed E-state index contributed by atoms with van der Waals surface area (Å²) in [6.45, 7) is 6.32. The fourth-order valence-corrected chi connectivity index (χ4v) is 6.56. The molecule has 2 N–H and O–H groups in total. The highest BCUT2D eigenvalue weighted by atomic mass is 79.9. The highest BCUT2D eigenvalue weighted by Crippen LogP contribution is 2.57. The molecule has 0 aliphatic carbocycles. The Balaban J connectivity index is 1.84. The summed E-state index contributed by atoms with van der Waals surface area (Å²) in [6.07, 6.45) is 0.702. The van der Waals surface area contributed by atoms with Gasteiger partial charge < -0.3 is 10.2 Å². The quantitative estimate of drug-likeness (QED) is 0.495. The van der Waals surface area contributed by atoms with E-state index >= 15 is 0 Å². The van der Waals surface area contributed by atoms with Crippen LogP contribution in [0.15, 0.2) is 45.8 Å². The van der Waals surface area contributed by atoms with E-state index in [4.69, 9.17) is 17.0 Å². The third-order valence-electron chi connectivity index (χ3n) is 6.32. The maximum Gasteiger partial charge on any atom is 0.264 e. The largest absolute Gasteiger partial charge is 0.302 e. The van der Waals surface area contributed by atoms with Crippen molar-refractivity contribution in [1.82, 2.24) is 5.32 Å². The molecule has 1 unspecified atom stereocenters. The van der Waals surface area contributed by atoms with Crippen LogP contribution < -0.4 is 10.2 Å². The van der Waals surface area contributed by atoms with Gasteiger partial charge in [-0.3, -0.25) is 15.0 Å². The normalized spacial score (nSPS) is 26.4. The van der Waals surface area contributed by atoms with Crippen molar-refractivity contribution in [2.24, 2.45) is 0 Å². The first kappa shape index (κ1) is 20.8. The molecule has 0 saturated carbocycles. The lowest BCUT2D eigenvalue weighted by molar-refractivity contribution is -0.116. The Bertz CT molecular complexity index is 1240. The molecule has 3 heterocycles. The molecule has 5 nitrogen and oxygen atoms in total. The van der Waals surface area contributed by atoms with Crippen molar-refractivity contribution in [1.29, 1.82) is 5.41 Å². The molecule has 2 aromatic rings. The van der Waals surface area contributed by atoms with Crippen LogP contribution in [0.25, 0.3) is 5.57 Å². The summed E-state index contributed by atoms with van der Waals surface area (Å²) in [4.78, 5) is 28.4. The molecule has 31 heavy (non-hydrogen) atoms. The fraction of sp³-hybridized carbons (Fsp3) is 0.261. The summed E-state index contributed by atoms with van der Waals surface area (Å²) >= 11 is 10.8. The highest BCUT2D eigenvalue weighted by Gasteiger charge is 2.54. The smallest absolute Gasteiger partial charge is 0.264 e.